The predicted octanol–water partition coefficient (Wildman–Crippen LogP) is 1.23. The van der Waals surface area contributed by atoms with Gasteiger partial charge in [-0.2, -0.15) is 13.2 Å². The van der Waals surface area contributed by atoms with E-state index in [9.17, 15) is 13.2 Å². The van der Waals surface area contributed by atoms with Gasteiger partial charge in [0.2, 0.25) is 0 Å². The number of dihydropyridines is 1. The van der Waals surface area contributed by atoms with Crippen LogP contribution in [-0.4, -0.2) is 18.4 Å². The lowest BCUT2D eigenvalue weighted by atomic mass is 10.1. The van der Waals surface area contributed by atoms with Gasteiger partial charge >= 0.3 is 6.18 Å². The number of allylic oxidation sites excluding steroid dienone is 1. The van der Waals surface area contributed by atoms with E-state index in [0.29, 0.717) is 5.70 Å². The Labute approximate surface area is 61.6 Å². The van der Waals surface area contributed by atoms with Crippen molar-refractivity contribution in [1.82, 2.24) is 0 Å². The van der Waals surface area contributed by atoms with E-state index >= 15 is 0 Å². The smallest absolute Gasteiger partial charge is 0.398 e. The van der Waals surface area contributed by atoms with Gasteiger partial charge < -0.3 is 5.73 Å². The molecular formula is C6H7F3N2. The molecule has 62 valence electrons. The summed E-state index contributed by atoms with van der Waals surface area (Å²) in [5.41, 5.74) is 5.48. The first-order valence-corrected chi connectivity index (χ1v) is 3.05. The molecule has 2 nitrogen and oxygen atoms in total. The fourth-order valence-corrected chi connectivity index (χ4v) is 0.755. The van der Waals surface area contributed by atoms with Gasteiger partial charge in [0, 0.05) is 11.9 Å². The monoisotopic (exact) mass is 164 g/mol. The van der Waals surface area contributed by atoms with Crippen LogP contribution in [-0.2, 0) is 0 Å². The van der Waals surface area contributed by atoms with Gasteiger partial charge in [-0.1, -0.05) is 6.08 Å². The van der Waals surface area contributed by atoms with Crippen molar-refractivity contribution in [1.29, 1.82) is 0 Å². The van der Waals surface area contributed by atoms with Crippen LogP contribution >= 0.6 is 0 Å². The molecule has 1 unspecified atom stereocenters. The van der Waals surface area contributed by atoms with E-state index in [1.165, 1.54) is 6.08 Å². The van der Waals surface area contributed by atoms with E-state index in [4.69, 9.17) is 5.73 Å². The van der Waals surface area contributed by atoms with Gasteiger partial charge in [-0.05, 0) is 6.42 Å². The topological polar surface area (TPSA) is 38.4 Å². The number of nitrogens with two attached hydrogens (primary N) is 1. The summed E-state index contributed by atoms with van der Waals surface area (Å²) in [4.78, 5) is 3.24. The maximum absolute atomic E-state index is 11.9. The minimum atomic E-state index is -4.24. The van der Waals surface area contributed by atoms with Crippen LogP contribution in [0.15, 0.2) is 16.8 Å². The first-order chi connectivity index (χ1) is 5.00. The van der Waals surface area contributed by atoms with E-state index in [2.05, 4.69) is 4.99 Å². The molecule has 11 heavy (non-hydrogen) atoms. The van der Waals surface area contributed by atoms with Gasteiger partial charge in [-0.15, -0.1) is 0 Å². The Morgan fingerprint density at radius 1 is 1.55 bits per heavy atom. The Hall–Kier alpha value is -1.00. The molecular weight excluding hydrogens is 157 g/mol. The highest BCUT2D eigenvalue weighted by Crippen LogP contribution is 2.26. The number of hydrogen-bond donors (Lipinski definition) is 1. The first-order valence-electron chi connectivity index (χ1n) is 3.05. The van der Waals surface area contributed by atoms with Crippen molar-refractivity contribution >= 4 is 6.21 Å². The van der Waals surface area contributed by atoms with E-state index in [-0.39, 0.29) is 6.42 Å². The van der Waals surface area contributed by atoms with Gasteiger partial charge in [-0.3, -0.25) is 4.99 Å². The van der Waals surface area contributed by atoms with Crippen LogP contribution < -0.4 is 5.73 Å². The summed E-state index contributed by atoms with van der Waals surface area (Å²) in [7, 11) is 0. The van der Waals surface area contributed by atoms with E-state index in [0.717, 1.165) is 6.21 Å². The fourth-order valence-electron chi connectivity index (χ4n) is 0.755. The quantitative estimate of drug-likeness (QED) is 0.574. The standard InChI is InChI=1S/C6H7F3N2/c7-6(8,9)5-2-1-4(10)3-11-5/h1,3,5H,2,10H2. The average molecular weight is 164 g/mol. The summed E-state index contributed by atoms with van der Waals surface area (Å²) in [5.74, 6) is 0. The van der Waals surface area contributed by atoms with Gasteiger partial charge in [0.1, 0.15) is 6.04 Å². The molecule has 0 spiro atoms. The molecule has 0 aromatic heterocycles. The fraction of sp³-hybridized carbons (Fsp3) is 0.500. The summed E-state index contributed by atoms with van der Waals surface area (Å²) in [5, 5.41) is 0. The van der Waals surface area contributed by atoms with E-state index in [1.807, 2.05) is 0 Å². The Morgan fingerprint density at radius 3 is 2.55 bits per heavy atom. The summed E-state index contributed by atoms with van der Waals surface area (Å²) in [6, 6.07) is -1.60. The highest BCUT2D eigenvalue weighted by atomic mass is 19.4. The van der Waals surface area contributed by atoms with Crippen molar-refractivity contribution in [3.05, 3.63) is 11.8 Å². The summed E-state index contributed by atoms with van der Waals surface area (Å²) < 4.78 is 35.7. The average Bonchev–Trinajstić information content (AvgIpc) is 1.86. The number of hydrogen-bond acceptors (Lipinski definition) is 2. The SMILES string of the molecule is NC1=CCC(C(F)(F)F)N=C1. The van der Waals surface area contributed by atoms with Crippen molar-refractivity contribution in [3.8, 4) is 0 Å². The molecule has 1 aliphatic heterocycles. The molecule has 0 saturated heterocycles. The molecule has 0 fully saturated rings. The zero-order valence-corrected chi connectivity index (χ0v) is 5.60. The molecule has 1 aliphatic rings. The third kappa shape index (κ3) is 1.96. The van der Waals surface area contributed by atoms with Crippen molar-refractivity contribution < 1.29 is 13.2 Å². The highest BCUT2D eigenvalue weighted by molar-refractivity contribution is 5.78. The van der Waals surface area contributed by atoms with Crippen LogP contribution in [0.5, 0.6) is 0 Å². The van der Waals surface area contributed by atoms with Crippen LogP contribution in [0, 0.1) is 0 Å². The molecule has 0 bridgehead atoms. The van der Waals surface area contributed by atoms with E-state index in [1.54, 1.807) is 0 Å². The Kier molecular flexibility index (Phi) is 1.89. The third-order valence-electron chi connectivity index (χ3n) is 1.36. The molecule has 0 aromatic rings. The number of alkyl halides is 3. The second-order valence-corrected chi connectivity index (χ2v) is 2.28. The number of rotatable bonds is 0. The van der Waals surface area contributed by atoms with Crippen molar-refractivity contribution in [2.24, 2.45) is 10.7 Å². The van der Waals surface area contributed by atoms with Crippen LogP contribution in [0.25, 0.3) is 0 Å². The van der Waals surface area contributed by atoms with Crippen LogP contribution in [0.4, 0.5) is 13.2 Å². The lowest BCUT2D eigenvalue weighted by Gasteiger charge is -2.16. The van der Waals surface area contributed by atoms with Crippen LogP contribution in [0.1, 0.15) is 6.42 Å². The molecule has 5 heteroatoms. The lowest BCUT2D eigenvalue weighted by molar-refractivity contribution is -0.146. The molecule has 1 atom stereocenters. The zero-order chi connectivity index (χ0) is 8.48. The second kappa shape index (κ2) is 2.56. The minimum absolute atomic E-state index is 0.147. The molecule has 0 aromatic carbocycles. The largest absolute Gasteiger partial charge is 0.411 e. The first kappa shape index (κ1) is 8.10. The Balaban J connectivity index is 2.63. The maximum atomic E-state index is 11.9. The number of halogens is 3. The highest BCUT2D eigenvalue weighted by Gasteiger charge is 2.39. The number of aliphatic imine (C=N–C) groups is 1. The van der Waals surface area contributed by atoms with Crippen molar-refractivity contribution in [2.45, 2.75) is 18.6 Å². The zero-order valence-electron chi connectivity index (χ0n) is 5.60. The minimum Gasteiger partial charge on any atom is -0.398 e. The lowest BCUT2D eigenvalue weighted by Crippen LogP contribution is -2.28. The van der Waals surface area contributed by atoms with Crippen LogP contribution in [0.3, 0.4) is 0 Å². The summed E-state index contributed by atoms with van der Waals surface area (Å²) in [6.07, 6.45) is -2.02. The molecule has 0 saturated carbocycles. The molecule has 1 rings (SSSR count). The van der Waals surface area contributed by atoms with E-state index < -0.39 is 12.2 Å². The van der Waals surface area contributed by atoms with Gasteiger partial charge in [0.25, 0.3) is 0 Å². The Morgan fingerprint density at radius 2 is 2.18 bits per heavy atom. The summed E-state index contributed by atoms with van der Waals surface area (Å²) in [6.45, 7) is 0. The van der Waals surface area contributed by atoms with Gasteiger partial charge in [0.15, 0.2) is 0 Å². The van der Waals surface area contributed by atoms with Crippen LogP contribution in [0.2, 0.25) is 0 Å². The van der Waals surface area contributed by atoms with Crippen molar-refractivity contribution in [3.63, 3.8) is 0 Å². The van der Waals surface area contributed by atoms with Crippen molar-refractivity contribution in [2.75, 3.05) is 0 Å². The van der Waals surface area contributed by atoms with Gasteiger partial charge in [0.05, 0.1) is 0 Å². The Bertz CT molecular complexity index is 204. The summed E-state index contributed by atoms with van der Waals surface area (Å²) >= 11 is 0. The van der Waals surface area contributed by atoms with Gasteiger partial charge in [-0.25, -0.2) is 0 Å². The third-order valence-corrected chi connectivity index (χ3v) is 1.36. The molecule has 0 radical (unpaired) electrons. The second-order valence-electron chi connectivity index (χ2n) is 2.28. The normalized spacial score (nSPS) is 25.0. The number of nitrogens with zero attached hydrogens (tertiary/aromatic N) is 1. The predicted molar refractivity (Wildman–Crippen MR) is 35.2 cm³/mol. The molecule has 1 heterocycles. The molecule has 0 amide bonds. The molecule has 0 aliphatic carbocycles. The maximum Gasteiger partial charge on any atom is 0.411 e. The molecule has 2 N–H and O–H groups in total.